The lowest BCUT2D eigenvalue weighted by Crippen LogP contribution is -2.28. The number of nitrogens with zero attached hydrogens (tertiary/aromatic N) is 2. The third kappa shape index (κ3) is 4.37. The number of pyridine rings is 1. The first-order valence-electron chi connectivity index (χ1n) is 7.08. The summed E-state index contributed by atoms with van der Waals surface area (Å²) < 4.78 is 38.6. The Morgan fingerprint density at radius 2 is 1.87 bits per heavy atom. The van der Waals surface area contributed by atoms with Gasteiger partial charge in [-0.1, -0.05) is 24.6 Å². The van der Waals surface area contributed by atoms with Crippen LogP contribution in [0.2, 0.25) is 0 Å². The number of rotatable bonds is 2. The maximum Gasteiger partial charge on any atom is 0.369 e. The molecular weight excluding hydrogens is 316 g/mol. The Morgan fingerprint density at radius 1 is 1.22 bits per heavy atom. The quantitative estimate of drug-likeness (QED) is 0.529. The number of aryl methyl sites for hydroxylation is 3. The van der Waals surface area contributed by atoms with Gasteiger partial charge in [-0.25, -0.2) is 13.0 Å². The molecular formula is C16H18N2O4S. The first-order valence-corrected chi connectivity index (χ1v) is 8.48. The fourth-order valence-electron chi connectivity index (χ4n) is 1.92. The lowest BCUT2D eigenvalue weighted by atomic mass is 10.2. The van der Waals surface area contributed by atoms with E-state index in [4.69, 9.17) is 4.42 Å². The standard InChI is InChI=1S/C9H11N2O.C7H8O3S/c1-3-8-10-9-7(12-8)5-4-6-11(9)2;1-6-2-4-7(5-3-6)11(8,9)10/h4-6H,3H2,1-2H3;2-5H,1H3,(H,8,9,10)/q+1;/p-1. The minimum Gasteiger partial charge on any atom is -0.744 e. The summed E-state index contributed by atoms with van der Waals surface area (Å²) in [4.78, 5) is 4.15. The zero-order valence-electron chi connectivity index (χ0n) is 13.2. The van der Waals surface area contributed by atoms with Gasteiger partial charge in [-0.05, 0) is 36.2 Å². The number of hydrogen-bond acceptors (Lipinski definition) is 5. The fraction of sp³-hybridized carbons (Fsp3) is 0.250. The highest BCUT2D eigenvalue weighted by molar-refractivity contribution is 7.85. The third-order valence-corrected chi connectivity index (χ3v) is 4.03. The zero-order chi connectivity index (χ0) is 17.0. The number of benzene rings is 1. The van der Waals surface area contributed by atoms with Crippen molar-refractivity contribution in [1.29, 1.82) is 0 Å². The molecule has 0 spiro atoms. The maximum atomic E-state index is 10.4. The fourth-order valence-corrected chi connectivity index (χ4v) is 2.39. The molecule has 23 heavy (non-hydrogen) atoms. The maximum absolute atomic E-state index is 10.4. The Morgan fingerprint density at radius 3 is 2.39 bits per heavy atom. The van der Waals surface area contributed by atoms with Crippen LogP contribution < -0.4 is 4.57 Å². The molecule has 0 unspecified atom stereocenters. The smallest absolute Gasteiger partial charge is 0.369 e. The van der Waals surface area contributed by atoms with Crippen molar-refractivity contribution >= 4 is 21.3 Å². The lowest BCUT2D eigenvalue weighted by molar-refractivity contribution is -0.646. The van der Waals surface area contributed by atoms with Crippen LogP contribution in [0.5, 0.6) is 0 Å². The van der Waals surface area contributed by atoms with Crippen LogP contribution in [0.15, 0.2) is 51.9 Å². The first kappa shape index (κ1) is 17.1. The predicted molar refractivity (Wildman–Crippen MR) is 83.7 cm³/mol. The second kappa shape index (κ2) is 6.89. The highest BCUT2D eigenvalue weighted by Gasteiger charge is 2.14. The molecule has 7 heteroatoms. The molecule has 1 aromatic carbocycles. The van der Waals surface area contributed by atoms with Crippen molar-refractivity contribution in [3.63, 3.8) is 0 Å². The van der Waals surface area contributed by atoms with Gasteiger partial charge >= 0.3 is 11.5 Å². The number of hydrogen-bond donors (Lipinski definition) is 0. The van der Waals surface area contributed by atoms with Gasteiger partial charge in [0.2, 0.25) is 5.58 Å². The largest absolute Gasteiger partial charge is 0.744 e. The van der Waals surface area contributed by atoms with Gasteiger partial charge in [0.15, 0.2) is 0 Å². The van der Waals surface area contributed by atoms with Crippen LogP contribution >= 0.6 is 0 Å². The molecule has 0 aliphatic rings. The van der Waals surface area contributed by atoms with Gasteiger partial charge in [-0.15, -0.1) is 0 Å². The Hall–Kier alpha value is -2.25. The molecule has 0 aliphatic carbocycles. The summed E-state index contributed by atoms with van der Waals surface area (Å²) in [6, 6.07) is 9.67. The van der Waals surface area contributed by atoms with Crippen LogP contribution in [0, 0.1) is 6.92 Å². The van der Waals surface area contributed by atoms with Crippen LogP contribution in [-0.4, -0.2) is 18.0 Å². The summed E-state index contributed by atoms with van der Waals surface area (Å²) in [6.07, 6.45) is 2.80. The molecule has 2 aromatic heterocycles. The second-order valence-electron chi connectivity index (χ2n) is 5.04. The first-order chi connectivity index (χ1) is 10.8. The Balaban J connectivity index is 0.000000168. The van der Waals surface area contributed by atoms with Crippen molar-refractivity contribution in [3.05, 3.63) is 54.0 Å². The van der Waals surface area contributed by atoms with Gasteiger partial charge in [0, 0.05) is 6.42 Å². The molecule has 6 nitrogen and oxygen atoms in total. The normalized spacial score (nSPS) is 11.1. The third-order valence-electron chi connectivity index (χ3n) is 3.18. The molecule has 0 amide bonds. The molecule has 0 radical (unpaired) electrons. The second-order valence-corrected chi connectivity index (χ2v) is 6.41. The van der Waals surface area contributed by atoms with Gasteiger partial charge in [0.1, 0.15) is 10.1 Å². The Labute approximate surface area is 135 Å². The van der Waals surface area contributed by atoms with Crippen molar-refractivity contribution < 1.29 is 22.0 Å². The molecule has 0 fully saturated rings. The van der Waals surface area contributed by atoms with Crippen LogP contribution in [-0.2, 0) is 23.6 Å². The van der Waals surface area contributed by atoms with E-state index in [0.717, 1.165) is 29.1 Å². The molecule has 0 saturated heterocycles. The van der Waals surface area contributed by atoms with Crippen LogP contribution in [0.3, 0.4) is 0 Å². The molecule has 3 aromatic rings. The highest BCUT2D eigenvalue weighted by Crippen LogP contribution is 2.10. The van der Waals surface area contributed by atoms with Crippen molar-refractivity contribution in [1.82, 2.24) is 4.98 Å². The molecule has 0 saturated carbocycles. The lowest BCUT2D eigenvalue weighted by Gasteiger charge is -2.05. The van der Waals surface area contributed by atoms with Crippen LogP contribution in [0.25, 0.3) is 11.2 Å². The van der Waals surface area contributed by atoms with Crippen molar-refractivity contribution in [3.8, 4) is 0 Å². The van der Waals surface area contributed by atoms with E-state index in [1.54, 1.807) is 12.1 Å². The Bertz CT molecular complexity index is 899. The van der Waals surface area contributed by atoms with Gasteiger partial charge in [-0.3, -0.25) is 0 Å². The van der Waals surface area contributed by atoms with E-state index in [9.17, 15) is 13.0 Å². The summed E-state index contributed by atoms with van der Waals surface area (Å²) >= 11 is 0. The molecule has 2 heterocycles. The topological polar surface area (TPSA) is 87.1 Å². The average Bonchev–Trinajstić information content (AvgIpc) is 2.92. The number of fused-ring (bicyclic) bond motifs is 1. The predicted octanol–water partition coefficient (Wildman–Crippen LogP) is 2.11. The monoisotopic (exact) mass is 334 g/mol. The van der Waals surface area contributed by atoms with E-state index >= 15 is 0 Å². The summed E-state index contributed by atoms with van der Waals surface area (Å²) in [7, 11) is -2.31. The highest BCUT2D eigenvalue weighted by atomic mass is 32.2. The van der Waals surface area contributed by atoms with E-state index in [1.165, 1.54) is 12.1 Å². The Kier molecular flexibility index (Phi) is 5.12. The molecule has 3 rings (SSSR count). The summed E-state index contributed by atoms with van der Waals surface area (Å²) in [5.41, 5.74) is 2.70. The summed E-state index contributed by atoms with van der Waals surface area (Å²) in [5, 5.41) is 0. The van der Waals surface area contributed by atoms with E-state index in [0.29, 0.717) is 0 Å². The average molecular weight is 334 g/mol. The van der Waals surface area contributed by atoms with Gasteiger partial charge in [0.25, 0.3) is 0 Å². The zero-order valence-corrected chi connectivity index (χ0v) is 14.0. The number of aromatic nitrogens is 2. The minimum atomic E-state index is -4.27. The van der Waals surface area contributed by atoms with E-state index in [-0.39, 0.29) is 4.90 Å². The van der Waals surface area contributed by atoms with Crippen LogP contribution in [0.4, 0.5) is 0 Å². The van der Waals surface area contributed by atoms with Crippen molar-refractivity contribution in [2.45, 2.75) is 25.2 Å². The molecule has 0 aliphatic heterocycles. The van der Waals surface area contributed by atoms with Gasteiger partial charge in [-0.2, -0.15) is 0 Å². The summed E-state index contributed by atoms with van der Waals surface area (Å²) in [6.45, 7) is 3.85. The van der Waals surface area contributed by atoms with Gasteiger partial charge < -0.3 is 8.97 Å². The van der Waals surface area contributed by atoms with Crippen molar-refractivity contribution in [2.24, 2.45) is 7.05 Å². The molecule has 122 valence electrons. The van der Waals surface area contributed by atoms with E-state index < -0.39 is 10.1 Å². The van der Waals surface area contributed by atoms with Crippen molar-refractivity contribution in [2.75, 3.05) is 0 Å². The van der Waals surface area contributed by atoms with Crippen LogP contribution in [0.1, 0.15) is 18.4 Å². The SMILES string of the molecule is CCc1nc2c(ccc[n+]2C)o1.Cc1ccc(S(=O)(=O)[O-])cc1. The molecule has 0 N–H and O–H groups in total. The van der Waals surface area contributed by atoms with E-state index in [2.05, 4.69) is 4.98 Å². The molecule has 0 atom stereocenters. The minimum absolute atomic E-state index is 0.178. The van der Waals surface area contributed by atoms with Gasteiger partial charge in [0.05, 0.1) is 18.1 Å². The van der Waals surface area contributed by atoms with E-state index in [1.807, 2.05) is 43.8 Å². The number of oxazole rings is 1. The summed E-state index contributed by atoms with van der Waals surface area (Å²) in [5.74, 6) is 0.798. The molecule has 0 bridgehead atoms.